The molecular weight excluding hydrogens is 501 g/mol. The molecule has 0 aromatic carbocycles. The van der Waals surface area contributed by atoms with E-state index in [2.05, 4.69) is 94.5 Å². The normalized spacial score (nSPS) is 6.75. The second-order valence-corrected chi connectivity index (χ2v) is 13.4. The van der Waals surface area contributed by atoms with Gasteiger partial charge in [-0.3, -0.25) is 0 Å². The maximum absolute atomic E-state index is 3.10. The molecule has 0 rings (SSSR count). The van der Waals surface area contributed by atoms with Crippen molar-refractivity contribution in [3.8, 4) is 0 Å². The van der Waals surface area contributed by atoms with Gasteiger partial charge in [0, 0.05) is 0 Å². The monoisotopic (exact) mass is 496 g/mol. The van der Waals surface area contributed by atoms with Crippen LogP contribution in [-0.2, 0) is 0 Å². The molecule has 0 N–H and O–H groups in total. The van der Waals surface area contributed by atoms with Crippen LogP contribution in [0, 0.1) is 0 Å². The van der Waals surface area contributed by atoms with Gasteiger partial charge in [-0.15, -0.1) is 94.5 Å². The summed E-state index contributed by atoms with van der Waals surface area (Å²) < 4.78 is 0.542. The standard InChI is InChI=1S/2BBr3/c2*2-1(3)4. The van der Waals surface area contributed by atoms with Gasteiger partial charge in [-0.1, -0.05) is 0 Å². The molecular formula is B2Br6. The van der Waals surface area contributed by atoms with Crippen LogP contribution < -0.4 is 0 Å². The molecule has 0 spiro atoms. The van der Waals surface area contributed by atoms with Crippen molar-refractivity contribution in [3.05, 3.63) is 0 Å². The van der Waals surface area contributed by atoms with Crippen molar-refractivity contribution in [2.75, 3.05) is 0 Å². The number of hydrogen-bond donors (Lipinski definition) is 0. The summed E-state index contributed by atoms with van der Waals surface area (Å²) in [5.41, 5.74) is 0. The zero-order chi connectivity index (χ0) is 7.15. The number of halogens is 6. The predicted molar refractivity (Wildman–Crippen MR) is 65.1 cm³/mol. The van der Waals surface area contributed by atoms with Gasteiger partial charge in [0.25, 0.3) is 0 Å². The maximum atomic E-state index is 3.10. The van der Waals surface area contributed by atoms with Crippen molar-refractivity contribution >= 4 is 101 Å². The van der Waals surface area contributed by atoms with Crippen molar-refractivity contribution in [3.63, 3.8) is 0 Å². The molecule has 0 radical (unpaired) electrons. The Hall–Kier alpha value is 3.01. The molecule has 8 heavy (non-hydrogen) atoms. The van der Waals surface area contributed by atoms with Gasteiger partial charge in [0.2, 0.25) is 0 Å². The minimum absolute atomic E-state index is 0.271. The lowest BCUT2D eigenvalue weighted by Gasteiger charge is -1.63. The third-order valence-electron chi connectivity index (χ3n) is 0. The highest BCUT2D eigenvalue weighted by Gasteiger charge is 1.88. The van der Waals surface area contributed by atoms with Gasteiger partial charge in [-0.25, -0.2) is 0 Å². The summed E-state index contributed by atoms with van der Waals surface area (Å²) >= 11 is 18.6. The first-order chi connectivity index (χ1) is 3.46. The number of rotatable bonds is 0. The fraction of sp³-hybridized carbons (Fsp3) is 0. The zero-order valence-corrected chi connectivity index (χ0v) is 12.9. The molecule has 0 aliphatic rings. The Labute approximate surface area is 99.3 Å². The van der Waals surface area contributed by atoms with Crippen LogP contribution in [0.3, 0.4) is 0 Å². The summed E-state index contributed by atoms with van der Waals surface area (Å²) in [5, 5.41) is 0. The van der Waals surface area contributed by atoms with Gasteiger partial charge in [0.15, 0.2) is 0 Å². The second-order valence-electron chi connectivity index (χ2n) is 0.495. The van der Waals surface area contributed by atoms with Crippen molar-refractivity contribution in [1.82, 2.24) is 0 Å². The van der Waals surface area contributed by atoms with Crippen LogP contribution in [0.25, 0.3) is 0 Å². The Morgan fingerprint density at radius 1 is 0.500 bits per heavy atom. The van der Waals surface area contributed by atoms with Crippen molar-refractivity contribution in [2.24, 2.45) is 0 Å². The summed E-state index contributed by atoms with van der Waals surface area (Å²) in [6.45, 7) is 0. The SMILES string of the molecule is BrB(Br)Br.BrB(Br)Br. The second kappa shape index (κ2) is 10.0. The van der Waals surface area contributed by atoms with Crippen molar-refractivity contribution < 1.29 is 0 Å². The largest absolute Gasteiger partial charge is 0.369 e. The third-order valence-corrected chi connectivity index (χ3v) is 0. The third kappa shape index (κ3) is 63.8. The molecule has 0 unspecified atom stereocenters. The molecule has 0 fully saturated rings. The Bertz CT molecular complexity index is 22.0. The van der Waals surface area contributed by atoms with E-state index in [-0.39, 0.29) is 6.37 Å². The van der Waals surface area contributed by atoms with E-state index >= 15 is 0 Å². The summed E-state index contributed by atoms with van der Waals surface area (Å²) in [6.07, 6.45) is 0. The van der Waals surface area contributed by atoms with E-state index in [0.717, 1.165) is 0 Å². The molecule has 0 heterocycles. The highest BCUT2D eigenvalue weighted by molar-refractivity contribution is 9.69. The molecule has 0 nitrogen and oxygen atoms in total. The first-order valence-corrected chi connectivity index (χ1v) is 6.80. The van der Waals surface area contributed by atoms with E-state index in [4.69, 9.17) is 0 Å². The van der Waals surface area contributed by atoms with Gasteiger partial charge in [-0.2, -0.15) is 0 Å². The molecule has 0 atom stereocenters. The minimum atomic E-state index is 0.271. The van der Waals surface area contributed by atoms with Crippen LogP contribution in [0.15, 0.2) is 0 Å². The molecule has 0 aromatic rings. The quantitative estimate of drug-likeness (QED) is 0.435. The van der Waals surface area contributed by atoms with E-state index in [9.17, 15) is 0 Å². The summed E-state index contributed by atoms with van der Waals surface area (Å²) in [4.78, 5) is 0. The van der Waals surface area contributed by atoms with Crippen LogP contribution >= 0.6 is 94.5 Å². The topological polar surface area (TPSA) is 0 Å². The van der Waals surface area contributed by atoms with Crippen molar-refractivity contribution in [2.45, 2.75) is 0 Å². The van der Waals surface area contributed by atoms with Gasteiger partial charge in [-0.05, 0) is 0 Å². The summed E-state index contributed by atoms with van der Waals surface area (Å²) in [6, 6.07) is 0. The van der Waals surface area contributed by atoms with Crippen LogP contribution in [0.2, 0.25) is 0 Å². The lowest BCUT2D eigenvalue weighted by atomic mass is 10.8. The van der Waals surface area contributed by atoms with Crippen LogP contribution in [0.5, 0.6) is 0 Å². The van der Waals surface area contributed by atoms with E-state index in [1.165, 1.54) is 0 Å². The number of hydrogen-bond acceptors (Lipinski definition) is 0. The molecule has 0 aliphatic carbocycles. The molecule has 8 heteroatoms. The molecule has 0 saturated carbocycles. The predicted octanol–water partition coefficient (Wildman–Crippen LogP) is 4.31. The van der Waals surface area contributed by atoms with E-state index < -0.39 is 0 Å². The van der Waals surface area contributed by atoms with Crippen LogP contribution in [0.4, 0.5) is 0 Å². The molecule has 0 aromatic heterocycles. The molecule has 0 aliphatic heterocycles. The lowest BCUT2D eigenvalue weighted by Crippen LogP contribution is -1.60. The lowest BCUT2D eigenvalue weighted by molar-refractivity contribution is 4.99. The first-order valence-electron chi connectivity index (χ1n) is 1.31. The molecule has 48 valence electrons. The molecule has 0 saturated heterocycles. The Balaban J connectivity index is 0. The average molecular weight is 501 g/mol. The Kier molecular flexibility index (Phi) is 17.0. The van der Waals surface area contributed by atoms with Crippen molar-refractivity contribution in [1.29, 1.82) is 0 Å². The smallest absolute Gasteiger partial charge is 0.123 e. The summed E-state index contributed by atoms with van der Waals surface area (Å²) in [7, 11) is 0. The first kappa shape index (κ1) is 13.6. The maximum Gasteiger partial charge on any atom is 0.369 e. The zero-order valence-electron chi connectivity index (χ0n) is 3.42. The Morgan fingerprint density at radius 3 is 0.500 bits per heavy atom. The molecule has 0 amide bonds. The fourth-order valence-corrected chi connectivity index (χ4v) is 0. The van der Waals surface area contributed by atoms with Crippen LogP contribution in [0.1, 0.15) is 0 Å². The van der Waals surface area contributed by atoms with E-state index in [0.29, 0.717) is 0 Å². The highest BCUT2D eigenvalue weighted by Crippen LogP contribution is 2.08. The summed E-state index contributed by atoms with van der Waals surface area (Å²) in [5.74, 6) is 0. The van der Waals surface area contributed by atoms with Gasteiger partial charge in [0.1, 0.15) is 0 Å². The van der Waals surface area contributed by atoms with E-state index in [1.807, 2.05) is 0 Å². The van der Waals surface area contributed by atoms with Gasteiger partial charge in [0.05, 0.1) is 0 Å². The molecule has 0 bridgehead atoms. The van der Waals surface area contributed by atoms with Gasteiger partial charge >= 0.3 is 6.37 Å². The Morgan fingerprint density at radius 2 is 0.500 bits per heavy atom. The highest BCUT2D eigenvalue weighted by atomic mass is 80.0. The minimum Gasteiger partial charge on any atom is -0.123 e. The van der Waals surface area contributed by atoms with Crippen LogP contribution in [-0.4, -0.2) is 6.37 Å². The van der Waals surface area contributed by atoms with E-state index in [1.54, 1.807) is 0 Å². The average Bonchev–Trinajstić information content (AvgIpc) is 1.25. The van der Waals surface area contributed by atoms with Gasteiger partial charge < -0.3 is 0 Å². The fourth-order valence-electron chi connectivity index (χ4n) is 0.